The van der Waals surface area contributed by atoms with Crippen molar-refractivity contribution in [2.75, 3.05) is 33.5 Å². The Hall–Kier alpha value is -3.25. The van der Waals surface area contributed by atoms with E-state index >= 15 is 0 Å². The molecule has 1 heterocycles. The number of aliphatic hydroxyl groups is 1. The molecule has 1 amide bonds. The van der Waals surface area contributed by atoms with Gasteiger partial charge in [-0.05, 0) is 30.8 Å². The standard InChI is InChI=1S/C22H26N4O6S/c1-24-33(29,30)17-8-6-16(7-9-17)19-14-25-15-22(26-19,21(23)28)18-4-2-3-5-20(18)32-13-12-31-11-10-27/h2-9,14-15,24,26-27H,10-13H2,1H3,(H2,23,28). The summed E-state index contributed by atoms with van der Waals surface area (Å²) in [5, 5.41) is 12.0. The highest BCUT2D eigenvalue weighted by Gasteiger charge is 2.41. The molecule has 176 valence electrons. The third-order valence-electron chi connectivity index (χ3n) is 4.97. The summed E-state index contributed by atoms with van der Waals surface area (Å²) in [6, 6.07) is 13.1. The van der Waals surface area contributed by atoms with Crippen LogP contribution in [0.1, 0.15) is 11.1 Å². The van der Waals surface area contributed by atoms with E-state index in [0.29, 0.717) is 22.6 Å². The van der Waals surface area contributed by atoms with E-state index in [4.69, 9.17) is 20.3 Å². The van der Waals surface area contributed by atoms with Gasteiger partial charge in [-0.2, -0.15) is 0 Å². The minimum absolute atomic E-state index is 0.0846. The number of para-hydroxylation sites is 1. The lowest BCUT2D eigenvalue weighted by atomic mass is 9.87. The first-order chi connectivity index (χ1) is 15.8. The molecule has 0 aliphatic carbocycles. The zero-order valence-corrected chi connectivity index (χ0v) is 18.8. The summed E-state index contributed by atoms with van der Waals surface area (Å²) in [5.74, 6) is -0.279. The summed E-state index contributed by atoms with van der Waals surface area (Å²) in [6.45, 7) is 0.575. The maximum atomic E-state index is 12.7. The lowest BCUT2D eigenvalue weighted by molar-refractivity contribution is -0.121. The topological polar surface area (TPSA) is 152 Å². The summed E-state index contributed by atoms with van der Waals surface area (Å²) < 4.78 is 37.3. The van der Waals surface area contributed by atoms with E-state index < -0.39 is 21.5 Å². The fraction of sp³-hybridized carbons (Fsp3) is 0.273. The third kappa shape index (κ3) is 5.40. The molecule has 11 heteroatoms. The lowest BCUT2D eigenvalue weighted by Crippen LogP contribution is -2.54. The lowest BCUT2D eigenvalue weighted by Gasteiger charge is -2.33. The second-order valence-electron chi connectivity index (χ2n) is 7.03. The summed E-state index contributed by atoms with van der Waals surface area (Å²) in [4.78, 5) is 17.0. The number of sulfonamides is 1. The zero-order chi connectivity index (χ0) is 23.9. The highest BCUT2D eigenvalue weighted by atomic mass is 32.2. The third-order valence-corrected chi connectivity index (χ3v) is 6.40. The Morgan fingerprint density at radius 3 is 2.55 bits per heavy atom. The molecule has 33 heavy (non-hydrogen) atoms. The van der Waals surface area contributed by atoms with Crippen LogP contribution in [0.15, 0.2) is 64.6 Å². The van der Waals surface area contributed by atoms with Crippen LogP contribution in [0.4, 0.5) is 0 Å². The molecule has 2 aromatic rings. The van der Waals surface area contributed by atoms with Gasteiger partial charge in [-0.15, -0.1) is 0 Å². The first-order valence-electron chi connectivity index (χ1n) is 10.1. The minimum atomic E-state index is -3.58. The highest BCUT2D eigenvalue weighted by molar-refractivity contribution is 7.89. The number of rotatable bonds is 11. The van der Waals surface area contributed by atoms with Gasteiger partial charge in [0.1, 0.15) is 12.4 Å². The molecule has 1 aliphatic rings. The molecule has 0 saturated carbocycles. The maximum Gasteiger partial charge on any atom is 0.253 e. The van der Waals surface area contributed by atoms with Gasteiger partial charge in [0.25, 0.3) is 5.91 Å². The molecule has 0 aromatic heterocycles. The van der Waals surface area contributed by atoms with E-state index in [2.05, 4.69) is 15.0 Å². The summed E-state index contributed by atoms with van der Waals surface area (Å²) in [5.41, 5.74) is 5.88. The molecule has 10 nitrogen and oxygen atoms in total. The number of aliphatic hydroxyl groups excluding tert-OH is 1. The summed E-state index contributed by atoms with van der Waals surface area (Å²) in [7, 11) is -2.24. The van der Waals surface area contributed by atoms with Crippen LogP contribution in [0.2, 0.25) is 0 Å². The fourth-order valence-corrected chi connectivity index (χ4v) is 4.00. The van der Waals surface area contributed by atoms with Gasteiger partial charge in [-0.1, -0.05) is 30.3 Å². The van der Waals surface area contributed by atoms with Crippen molar-refractivity contribution in [3.63, 3.8) is 0 Å². The van der Waals surface area contributed by atoms with Gasteiger partial charge in [0, 0.05) is 11.8 Å². The largest absolute Gasteiger partial charge is 0.491 e. The van der Waals surface area contributed by atoms with Crippen molar-refractivity contribution in [2.45, 2.75) is 10.4 Å². The Bertz CT molecular complexity index is 1150. The number of ether oxygens (including phenoxy) is 2. The van der Waals surface area contributed by atoms with E-state index in [1.807, 2.05) is 0 Å². The average Bonchev–Trinajstić information content (AvgIpc) is 2.84. The Morgan fingerprint density at radius 2 is 1.88 bits per heavy atom. The number of hydrogen-bond donors (Lipinski definition) is 4. The molecule has 1 unspecified atom stereocenters. The number of hydrogen-bond acceptors (Lipinski definition) is 8. The van der Waals surface area contributed by atoms with Gasteiger partial charge in [-0.25, -0.2) is 13.1 Å². The van der Waals surface area contributed by atoms with Crippen molar-refractivity contribution in [3.05, 3.63) is 65.9 Å². The van der Waals surface area contributed by atoms with E-state index in [0.717, 1.165) is 0 Å². The molecular weight excluding hydrogens is 448 g/mol. The van der Waals surface area contributed by atoms with Gasteiger partial charge in [-0.3, -0.25) is 9.79 Å². The number of nitrogens with zero attached hydrogens (tertiary/aromatic N) is 1. The molecule has 1 atom stereocenters. The van der Waals surface area contributed by atoms with Crippen LogP contribution in [0, 0.1) is 0 Å². The number of nitrogens with two attached hydrogens (primary N) is 1. The van der Waals surface area contributed by atoms with Crippen molar-refractivity contribution in [1.29, 1.82) is 0 Å². The van der Waals surface area contributed by atoms with Gasteiger partial charge < -0.3 is 25.6 Å². The number of carbonyl (C=O) groups excluding carboxylic acids is 1. The number of aliphatic imine (C=N–C) groups is 1. The predicted molar refractivity (Wildman–Crippen MR) is 123 cm³/mol. The predicted octanol–water partition coefficient (Wildman–Crippen LogP) is 0.336. The van der Waals surface area contributed by atoms with Gasteiger partial charge in [0.05, 0.1) is 36.6 Å². The van der Waals surface area contributed by atoms with Crippen LogP contribution < -0.4 is 20.5 Å². The van der Waals surface area contributed by atoms with Crippen LogP contribution in [0.5, 0.6) is 5.75 Å². The molecule has 5 N–H and O–H groups in total. The Balaban J connectivity index is 1.89. The average molecular weight is 475 g/mol. The van der Waals surface area contributed by atoms with Gasteiger partial charge in [0.15, 0.2) is 5.54 Å². The fourth-order valence-electron chi connectivity index (χ4n) is 3.27. The van der Waals surface area contributed by atoms with E-state index in [-0.39, 0.29) is 31.3 Å². The van der Waals surface area contributed by atoms with Crippen molar-refractivity contribution in [1.82, 2.24) is 10.0 Å². The second kappa shape index (κ2) is 10.6. The molecule has 0 radical (unpaired) electrons. The van der Waals surface area contributed by atoms with Crippen molar-refractivity contribution in [3.8, 4) is 5.75 Å². The van der Waals surface area contributed by atoms with Crippen LogP contribution in [-0.2, 0) is 25.1 Å². The van der Waals surface area contributed by atoms with E-state index in [1.54, 1.807) is 36.4 Å². The van der Waals surface area contributed by atoms with Gasteiger partial charge in [0.2, 0.25) is 10.0 Å². The smallest absolute Gasteiger partial charge is 0.253 e. The maximum absolute atomic E-state index is 12.7. The van der Waals surface area contributed by atoms with Crippen LogP contribution in [0.3, 0.4) is 0 Å². The molecule has 2 aromatic carbocycles. The summed E-state index contributed by atoms with van der Waals surface area (Å²) >= 11 is 0. The first-order valence-corrected chi connectivity index (χ1v) is 11.6. The second-order valence-corrected chi connectivity index (χ2v) is 8.92. The SMILES string of the molecule is CNS(=O)(=O)c1ccc(C2=CN=CC(C(N)=O)(c3ccccc3OCCOCCO)N2)cc1. The molecule has 0 saturated heterocycles. The first kappa shape index (κ1) is 24.4. The Kier molecular flexibility index (Phi) is 7.82. The van der Waals surface area contributed by atoms with E-state index in [9.17, 15) is 13.2 Å². The molecule has 0 spiro atoms. The molecule has 1 aliphatic heterocycles. The molecule has 0 bridgehead atoms. The zero-order valence-electron chi connectivity index (χ0n) is 18.0. The molecular formula is C22H26N4O6S. The quantitative estimate of drug-likeness (QED) is 0.343. The number of nitrogens with one attached hydrogen (secondary N) is 2. The number of primary amides is 1. The van der Waals surface area contributed by atoms with Crippen molar-refractivity contribution in [2.24, 2.45) is 10.7 Å². The van der Waals surface area contributed by atoms with Crippen molar-refractivity contribution < 1.29 is 27.8 Å². The van der Waals surface area contributed by atoms with Crippen LogP contribution in [0.25, 0.3) is 5.70 Å². The highest BCUT2D eigenvalue weighted by Crippen LogP contribution is 2.33. The van der Waals surface area contributed by atoms with Crippen LogP contribution in [-0.4, -0.2) is 59.1 Å². The Labute approximate surface area is 192 Å². The number of carbonyl (C=O) groups is 1. The minimum Gasteiger partial charge on any atom is -0.491 e. The number of amides is 1. The van der Waals surface area contributed by atoms with Crippen molar-refractivity contribution >= 4 is 27.8 Å². The normalized spacial score (nSPS) is 17.8. The molecule has 3 rings (SSSR count). The summed E-state index contributed by atoms with van der Waals surface area (Å²) in [6.07, 6.45) is 2.93. The van der Waals surface area contributed by atoms with Gasteiger partial charge >= 0.3 is 0 Å². The molecule has 0 fully saturated rings. The van der Waals surface area contributed by atoms with Crippen LogP contribution >= 0.6 is 0 Å². The number of benzene rings is 2. The van der Waals surface area contributed by atoms with E-state index in [1.165, 1.54) is 31.6 Å². The Morgan fingerprint density at radius 1 is 1.15 bits per heavy atom. The monoisotopic (exact) mass is 474 g/mol.